The maximum atomic E-state index is 12.4. The van der Waals surface area contributed by atoms with Gasteiger partial charge in [0.15, 0.2) is 0 Å². The molecule has 23 heavy (non-hydrogen) atoms. The number of hydrogen-bond acceptors (Lipinski definition) is 3. The Bertz CT molecular complexity index is 664. The van der Waals surface area contributed by atoms with Gasteiger partial charge in [-0.3, -0.25) is 9.59 Å². The maximum absolute atomic E-state index is 12.4. The second kappa shape index (κ2) is 5.08. The van der Waals surface area contributed by atoms with Gasteiger partial charge in [0, 0.05) is 12.0 Å². The van der Waals surface area contributed by atoms with Gasteiger partial charge in [0.1, 0.15) is 5.41 Å². The lowest BCUT2D eigenvalue weighted by Gasteiger charge is -2.27. The fourth-order valence-electron chi connectivity index (χ4n) is 4.47. The number of carbonyl (C=O) groups is 2. The number of carbonyl (C=O) groups excluding carboxylic acids is 2. The summed E-state index contributed by atoms with van der Waals surface area (Å²) in [5.74, 6) is -0.0274. The molecule has 0 radical (unpaired) electrons. The zero-order chi connectivity index (χ0) is 16.1. The van der Waals surface area contributed by atoms with Crippen molar-refractivity contribution in [2.75, 3.05) is 13.7 Å². The highest BCUT2D eigenvalue weighted by atomic mass is 16.5. The average Bonchev–Trinajstić information content (AvgIpc) is 3.49. The van der Waals surface area contributed by atoms with Gasteiger partial charge >= 0.3 is 5.97 Å². The highest BCUT2D eigenvalue weighted by molar-refractivity contribution is 6.05. The first-order valence-electron chi connectivity index (χ1n) is 8.57. The van der Waals surface area contributed by atoms with Crippen molar-refractivity contribution in [3.05, 3.63) is 35.4 Å². The van der Waals surface area contributed by atoms with Gasteiger partial charge in [-0.15, -0.1) is 0 Å². The van der Waals surface area contributed by atoms with Crippen LogP contribution in [0.2, 0.25) is 0 Å². The summed E-state index contributed by atoms with van der Waals surface area (Å²) in [4.78, 5) is 24.1. The molecule has 0 unspecified atom stereocenters. The summed E-state index contributed by atoms with van der Waals surface area (Å²) in [7, 11) is 1.35. The van der Waals surface area contributed by atoms with Crippen molar-refractivity contribution < 1.29 is 14.3 Å². The fourth-order valence-corrected chi connectivity index (χ4v) is 4.47. The number of fused-ring (bicyclic) bond motifs is 2. The second-order valence-corrected chi connectivity index (χ2v) is 7.35. The van der Waals surface area contributed by atoms with Gasteiger partial charge in [0.25, 0.3) is 0 Å². The normalized spacial score (nSPS) is 29.5. The minimum Gasteiger partial charge on any atom is -0.468 e. The number of benzene rings is 1. The van der Waals surface area contributed by atoms with E-state index in [4.69, 9.17) is 4.74 Å². The van der Waals surface area contributed by atoms with Gasteiger partial charge in [-0.2, -0.15) is 0 Å². The molecule has 1 spiro atoms. The molecule has 4 rings (SSSR count). The number of ether oxygens (including phenoxy) is 1. The standard InChI is InChI=1S/C19H23NO3/c1-23-17(22)18(9-10-18)16(21)20-12-14-11-19(14)8-4-6-13-5-2-3-7-15(13)19/h2-3,5,7,14H,4,6,8-12H2,1H3,(H,20,21)/t14-,19-/m0/s1. The summed E-state index contributed by atoms with van der Waals surface area (Å²) >= 11 is 0. The summed E-state index contributed by atoms with van der Waals surface area (Å²) in [5, 5.41) is 3.03. The third-order valence-electron chi connectivity index (χ3n) is 6.12. The van der Waals surface area contributed by atoms with E-state index in [1.165, 1.54) is 37.5 Å². The first kappa shape index (κ1) is 14.7. The van der Waals surface area contributed by atoms with Crippen molar-refractivity contribution in [3.63, 3.8) is 0 Å². The van der Waals surface area contributed by atoms with Crippen molar-refractivity contribution in [3.8, 4) is 0 Å². The number of nitrogens with one attached hydrogen (secondary N) is 1. The second-order valence-electron chi connectivity index (χ2n) is 7.35. The number of esters is 1. The van der Waals surface area contributed by atoms with Crippen LogP contribution >= 0.6 is 0 Å². The van der Waals surface area contributed by atoms with Crippen molar-refractivity contribution >= 4 is 11.9 Å². The van der Waals surface area contributed by atoms with Crippen molar-refractivity contribution in [1.29, 1.82) is 0 Å². The van der Waals surface area contributed by atoms with Gasteiger partial charge in [-0.1, -0.05) is 24.3 Å². The largest absolute Gasteiger partial charge is 0.468 e. The molecule has 0 aliphatic heterocycles. The molecule has 1 aromatic carbocycles. The number of aryl methyl sites for hydroxylation is 1. The summed E-state index contributed by atoms with van der Waals surface area (Å²) in [6.45, 7) is 0.673. The average molecular weight is 313 g/mol. The van der Waals surface area contributed by atoms with Crippen molar-refractivity contribution in [2.45, 2.75) is 43.9 Å². The molecule has 4 heteroatoms. The smallest absolute Gasteiger partial charge is 0.321 e. The lowest BCUT2D eigenvalue weighted by Crippen LogP contribution is -2.39. The molecule has 1 amide bonds. The number of hydrogen-bond donors (Lipinski definition) is 1. The lowest BCUT2D eigenvalue weighted by molar-refractivity contribution is -0.152. The van der Waals surface area contributed by atoms with Crippen molar-refractivity contribution in [1.82, 2.24) is 5.32 Å². The summed E-state index contributed by atoms with van der Waals surface area (Å²) in [5.41, 5.74) is 2.34. The summed E-state index contributed by atoms with van der Waals surface area (Å²) < 4.78 is 4.78. The third-order valence-corrected chi connectivity index (χ3v) is 6.12. The van der Waals surface area contributed by atoms with E-state index in [1.807, 2.05) is 0 Å². The van der Waals surface area contributed by atoms with E-state index < -0.39 is 5.41 Å². The van der Waals surface area contributed by atoms with Crippen LogP contribution in [-0.2, 0) is 26.2 Å². The van der Waals surface area contributed by atoms with Crippen LogP contribution in [0.3, 0.4) is 0 Å². The minimum absolute atomic E-state index is 0.143. The van der Waals surface area contributed by atoms with Crippen LogP contribution in [0.5, 0.6) is 0 Å². The zero-order valence-electron chi connectivity index (χ0n) is 13.6. The highest BCUT2D eigenvalue weighted by Gasteiger charge is 2.59. The first-order valence-corrected chi connectivity index (χ1v) is 8.57. The Balaban J connectivity index is 1.42. The first-order chi connectivity index (χ1) is 11.1. The van der Waals surface area contributed by atoms with E-state index >= 15 is 0 Å². The molecule has 0 saturated heterocycles. The van der Waals surface area contributed by atoms with Crippen LogP contribution in [0.4, 0.5) is 0 Å². The van der Waals surface area contributed by atoms with Gasteiger partial charge < -0.3 is 10.1 Å². The Morgan fingerprint density at radius 2 is 2.04 bits per heavy atom. The predicted octanol–water partition coefficient (Wildman–Crippen LogP) is 2.35. The Labute approximate surface area is 136 Å². The van der Waals surface area contributed by atoms with Crippen molar-refractivity contribution in [2.24, 2.45) is 11.3 Å². The van der Waals surface area contributed by atoms with Gasteiger partial charge in [0.05, 0.1) is 7.11 Å². The molecule has 3 aliphatic carbocycles. The molecular weight excluding hydrogens is 290 g/mol. The van der Waals surface area contributed by atoms with E-state index in [9.17, 15) is 9.59 Å². The number of amides is 1. The molecule has 2 saturated carbocycles. The fraction of sp³-hybridized carbons (Fsp3) is 0.579. The molecule has 0 bridgehead atoms. The van der Waals surface area contributed by atoms with Crippen LogP contribution in [-0.4, -0.2) is 25.5 Å². The van der Waals surface area contributed by atoms with Crippen LogP contribution < -0.4 is 5.32 Å². The topological polar surface area (TPSA) is 55.4 Å². The summed E-state index contributed by atoms with van der Waals surface area (Å²) in [6, 6.07) is 8.73. The predicted molar refractivity (Wildman–Crippen MR) is 85.9 cm³/mol. The van der Waals surface area contributed by atoms with Crippen LogP contribution in [0, 0.1) is 11.3 Å². The molecular formula is C19H23NO3. The quantitative estimate of drug-likeness (QED) is 0.686. The van der Waals surface area contributed by atoms with Gasteiger partial charge in [0.2, 0.25) is 5.91 Å². The van der Waals surface area contributed by atoms with Crippen LogP contribution in [0.1, 0.15) is 43.2 Å². The zero-order valence-corrected chi connectivity index (χ0v) is 13.6. The Hall–Kier alpha value is -1.84. The lowest BCUT2D eigenvalue weighted by atomic mass is 9.78. The van der Waals surface area contributed by atoms with Gasteiger partial charge in [-0.05, 0) is 55.6 Å². The molecule has 1 N–H and O–H groups in total. The van der Waals surface area contributed by atoms with E-state index in [0.29, 0.717) is 25.3 Å². The van der Waals surface area contributed by atoms with E-state index in [1.54, 1.807) is 0 Å². The van der Waals surface area contributed by atoms with E-state index in [-0.39, 0.29) is 17.3 Å². The SMILES string of the molecule is COC(=O)C1(C(=O)NC[C@@H]2C[C@@]23CCCc2ccccc23)CC1. The molecule has 0 heterocycles. The molecule has 4 nitrogen and oxygen atoms in total. The number of rotatable bonds is 4. The molecule has 3 aliphatic rings. The maximum Gasteiger partial charge on any atom is 0.321 e. The van der Waals surface area contributed by atoms with E-state index in [0.717, 1.165) is 6.42 Å². The Morgan fingerprint density at radius 3 is 2.78 bits per heavy atom. The highest BCUT2D eigenvalue weighted by Crippen LogP contribution is 2.60. The molecule has 2 fully saturated rings. The van der Waals surface area contributed by atoms with Crippen LogP contribution in [0.15, 0.2) is 24.3 Å². The number of methoxy groups -OCH3 is 1. The monoisotopic (exact) mass is 313 g/mol. The minimum atomic E-state index is -0.888. The molecule has 1 aromatic rings. The van der Waals surface area contributed by atoms with Gasteiger partial charge in [-0.25, -0.2) is 0 Å². The Morgan fingerprint density at radius 1 is 1.26 bits per heavy atom. The van der Waals surface area contributed by atoms with Crippen LogP contribution in [0.25, 0.3) is 0 Å². The van der Waals surface area contributed by atoms with E-state index in [2.05, 4.69) is 29.6 Å². The third kappa shape index (κ3) is 2.19. The molecule has 0 aromatic heterocycles. The Kier molecular flexibility index (Phi) is 3.26. The summed E-state index contributed by atoms with van der Waals surface area (Å²) in [6.07, 6.45) is 5.99. The molecule has 122 valence electrons. The molecule has 2 atom stereocenters.